The molecule has 1 aromatic carbocycles. The second kappa shape index (κ2) is 6.43. The lowest BCUT2D eigenvalue weighted by molar-refractivity contribution is -0.119. The highest BCUT2D eigenvalue weighted by atomic mass is 32.2. The number of para-hydroxylation sites is 1. The van der Waals surface area contributed by atoms with Gasteiger partial charge >= 0.3 is 0 Å². The number of hydrogen-bond donors (Lipinski definition) is 1. The Bertz CT molecular complexity index is 539. The van der Waals surface area contributed by atoms with Gasteiger partial charge in [0, 0.05) is 17.3 Å². The van der Waals surface area contributed by atoms with Crippen molar-refractivity contribution in [1.82, 2.24) is 9.78 Å². The lowest BCUT2D eigenvalue weighted by atomic mass is 10.2. The van der Waals surface area contributed by atoms with E-state index in [1.807, 2.05) is 37.3 Å². The number of amides is 1. The van der Waals surface area contributed by atoms with E-state index in [0.29, 0.717) is 0 Å². The van der Waals surface area contributed by atoms with Crippen LogP contribution in [0.25, 0.3) is 0 Å². The molecule has 0 saturated heterocycles. The molecule has 5 heteroatoms. The van der Waals surface area contributed by atoms with Crippen LogP contribution in [0.2, 0.25) is 0 Å². The fourth-order valence-corrected chi connectivity index (χ4v) is 2.48. The van der Waals surface area contributed by atoms with Gasteiger partial charge in [-0.15, -0.1) is 11.8 Å². The van der Waals surface area contributed by atoms with E-state index >= 15 is 0 Å². The monoisotopic (exact) mass is 275 g/mol. The van der Waals surface area contributed by atoms with Gasteiger partial charge in [-0.3, -0.25) is 9.48 Å². The smallest absolute Gasteiger partial charge is 0.248 e. The molecule has 1 aromatic heterocycles. The summed E-state index contributed by atoms with van der Waals surface area (Å²) in [6, 6.07) is 9.33. The van der Waals surface area contributed by atoms with Crippen LogP contribution in [0.1, 0.15) is 19.9 Å². The van der Waals surface area contributed by atoms with Crippen LogP contribution in [0.4, 0.5) is 5.69 Å². The van der Waals surface area contributed by atoms with Gasteiger partial charge in [-0.1, -0.05) is 19.1 Å². The van der Waals surface area contributed by atoms with E-state index in [9.17, 15) is 4.79 Å². The molecule has 0 saturated carbocycles. The molecule has 0 aliphatic carbocycles. The fraction of sp³-hybridized carbons (Fsp3) is 0.286. The van der Waals surface area contributed by atoms with Gasteiger partial charge in [-0.25, -0.2) is 0 Å². The lowest BCUT2D eigenvalue weighted by Crippen LogP contribution is -2.24. The number of thioether (sulfide) groups is 1. The maximum Gasteiger partial charge on any atom is 0.248 e. The summed E-state index contributed by atoms with van der Waals surface area (Å²) in [5.74, 6) is 0.912. The standard InChI is InChI=1S/C14H17N3OS/c1-3-19-13-8-5-4-7-12(13)16-14(18)11(2)17-10-6-9-15-17/h4-11H,3H2,1-2H3,(H,16,18). The van der Waals surface area contributed by atoms with Crippen molar-refractivity contribution in [3.63, 3.8) is 0 Å². The van der Waals surface area contributed by atoms with Crippen LogP contribution in [0, 0.1) is 0 Å². The summed E-state index contributed by atoms with van der Waals surface area (Å²) in [4.78, 5) is 13.3. The number of benzene rings is 1. The Morgan fingerprint density at radius 1 is 1.42 bits per heavy atom. The minimum atomic E-state index is -0.324. The third-order valence-corrected chi connectivity index (χ3v) is 3.70. The first-order chi connectivity index (χ1) is 9.22. The Morgan fingerprint density at radius 3 is 2.89 bits per heavy atom. The Morgan fingerprint density at radius 2 is 2.21 bits per heavy atom. The van der Waals surface area contributed by atoms with Gasteiger partial charge in [0.1, 0.15) is 6.04 Å². The second-order valence-electron chi connectivity index (χ2n) is 4.08. The third kappa shape index (κ3) is 3.38. The number of anilines is 1. The zero-order valence-corrected chi connectivity index (χ0v) is 11.9. The predicted molar refractivity (Wildman–Crippen MR) is 78.4 cm³/mol. The van der Waals surface area contributed by atoms with Crippen LogP contribution in [-0.2, 0) is 4.79 Å². The van der Waals surface area contributed by atoms with Crippen molar-refractivity contribution in [2.75, 3.05) is 11.1 Å². The summed E-state index contributed by atoms with van der Waals surface area (Å²) in [6.07, 6.45) is 3.46. The van der Waals surface area contributed by atoms with E-state index in [-0.39, 0.29) is 11.9 Å². The number of carbonyl (C=O) groups excluding carboxylic acids is 1. The number of rotatable bonds is 5. The van der Waals surface area contributed by atoms with E-state index in [1.165, 1.54) is 0 Å². The van der Waals surface area contributed by atoms with Crippen LogP contribution < -0.4 is 5.32 Å². The first kappa shape index (κ1) is 13.7. The number of aromatic nitrogens is 2. The Kier molecular flexibility index (Phi) is 4.63. The van der Waals surface area contributed by atoms with Crippen molar-refractivity contribution in [3.05, 3.63) is 42.7 Å². The van der Waals surface area contributed by atoms with E-state index in [2.05, 4.69) is 17.3 Å². The molecule has 0 aliphatic rings. The normalized spacial score (nSPS) is 12.1. The molecule has 19 heavy (non-hydrogen) atoms. The molecule has 0 bridgehead atoms. The molecule has 1 amide bonds. The van der Waals surface area contributed by atoms with Gasteiger partial charge in [-0.2, -0.15) is 5.10 Å². The van der Waals surface area contributed by atoms with E-state index in [0.717, 1.165) is 16.3 Å². The van der Waals surface area contributed by atoms with Gasteiger partial charge in [0.2, 0.25) is 5.91 Å². The van der Waals surface area contributed by atoms with E-state index < -0.39 is 0 Å². The highest BCUT2D eigenvalue weighted by Gasteiger charge is 2.16. The maximum atomic E-state index is 12.2. The SMILES string of the molecule is CCSc1ccccc1NC(=O)C(C)n1cccn1. The largest absolute Gasteiger partial charge is 0.323 e. The van der Waals surface area contributed by atoms with Crippen molar-refractivity contribution in [1.29, 1.82) is 0 Å². The van der Waals surface area contributed by atoms with E-state index in [1.54, 1.807) is 28.8 Å². The number of carbonyl (C=O) groups is 1. The van der Waals surface area contributed by atoms with Crippen LogP contribution in [-0.4, -0.2) is 21.4 Å². The summed E-state index contributed by atoms with van der Waals surface area (Å²) in [7, 11) is 0. The molecule has 2 rings (SSSR count). The van der Waals surface area contributed by atoms with Crippen molar-refractivity contribution in [3.8, 4) is 0 Å². The zero-order chi connectivity index (χ0) is 13.7. The summed E-state index contributed by atoms with van der Waals surface area (Å²) in [5.41, 5.74) is 0.860. The molecule has 0 aliphatic heterocycles. The first-order valence-electron chi connectivity index (χ1n) is 6.24. The summed E-state index contributed by atoms with van der Waals surface area (Å²) >= 11 is 1.72. The van der Waals surface area contributed by atoms with Crippen LogP contribution in [0.5, 0.6) is 0 Å². The Hall–Kier alpha value is -1.75. The minimum absolute atomic E-state index is 0.0622. The van der Waals surface area contributed by atoms with Crippen molar-refractivity contribution >= 4 is 23.4 Å². The van der Waals surface area contributed by atoms with Crippen LogP contribution in [0.3, 0.4) is 0 Å². The molecule has 4 nitrogen and oxygen atoms in total. The highest BCUT2D eigenvalue weighted by molar-refractivity contribution is 7.99. The molecular weight excluding hydrogens is 258 g/mol. The number of nitrogens with zero attached hydrogens (tertiary/aromatic N) is 2. The Balaban J connectivity index is 2.10. The molecule has 1 unspecified atom stereocenters. The molecule has 100 valence electrons. The molecule has 0 spiro atoms. The lowest BCUT2D eigenvalue weighted by Gasteiger charge is -2.14. The highest BCUT2D eigenvalue weighted by Crippen LogP contribution is 2.27. The third-order valence-electron chi connectivity index (χ3n) is 2.75. The maximum absolute atomic E-state index is 12.2. The molecule has 1 heterocycles. The van der Waals surface area contributed by atoms with Crippen molar-refractivity contribution < 1.29 is 4.79 Å². The quantitative estimate of drug-likeness (QED) is 0.852. The topological polar surface area (TPSA) is 46.9 Å². The predicted octanol–water partition coefficient (Wildman–Crippen LogP) is 3.19. The molecule has 1 atom stereocenters. The van der Waals surface area contributed by atoms with Gasteiger partial charge in [-0.05, 0) is 30.9 Å². The minimum Gasteiger partial charge on any atom is -0.323 e. The average Bonchev–Trinajstić information content (AvgIpc) is 2.94. The van der Waals surface area contributed by atoms with Crippen LogP contribution in [0.15, 0.2) is 47.6 Å². The first-order valence-corrected chi connectivity index (χ1v) is 7.22. The van der Waals surface area contributed by atoms with Gasteiger partial charge in [0.15, 0.2) is 0 Å². The molecule has 2 aromatic rings. The van der Waals surface area contributed by atoms with Crippen molar-refractivity contribution in [2.24, 2.45) is 0 Å². The molecule has 0 fully saturated rings. The Labute approximate surface area is 117 Å². The van der Waals surface area contributed by atoms with Gasteiger partial charge in [0.05, 0.1) is 5.69 Å². The van der Waals surface area contributed by atoms with Crippen molar-refractivity contribution in [2.45, 2.75) is 24.8 Å². The fourth-order valence-electron chi connectivity index (χ4n) is 1.72. The van der Waals surface area contributed by atoms with E-state index in [4.69, 9.17) is 0 Å². The molecule has 1 N–H and O–H groups in total. The summed E-state index contributed by atoms with van der Waals surface area (Å²) in [5, 5.41) is 7.05. The van der Waals surface area contributed by atoms with Gasteiger partial charge in [0.25, 0.3) is 0 Å². The number of nitrogens with one attached hydrogen (secondary N) is 1. The average molecular weight is 275 g/mol. The molecule has 0 radical (unpaired) electrons. The second-order valence-corrected chi connectivity index (χ2v) is 5.39. The number of hydrogen-bond acceptors (Lipinski definition) is 3. The zero-order valence-electron chi connectivity index (χ0n) is 11.0. The summed E-state index contributed by atoms with van der Waals surface area (Å²) in [6.45, 7) is 3.92. The summed E-state index contributed by atoms with van der Waals surface area (Å²) < 4.78 is 1.64. The molecular formula is C14H17N3OS. The van der Waals surface area contributed by atoms with Crippen LogP contribution >= 0.6 is 11.8 Å². The van der Waals surface area contributed by atoms with Gasteiger partial charge < -0.3 is 5.32 Å².